The first-order chi connectivity index (χ1) is 13.5. The zero-order chi connectivity index (χ0) is 19.7. The lowest BCUT2D eigenvalue weighted by Crippen LogP contribution is -2.24. The highest BCUT2D eigenvalue weighted by Crippen LogP contribution is 2.33. The van der Waals surface area contributed by atoms with Crippen molar-refractivity contribution in [2.75, 3.05) is 5.32 Å². The van der Waals surface area contributed by atoms with Gasteiger partial charge < -0.3 is 5.32 Å². The molecule has 2 aromatic rings. The van der Waals surface area contributed by atoms with Gasteiger partial charge in [-0.15, -0.1) is 0 Å². The maximum atomic E-state index is 13.6. The molecule has 1 amide bonds. The molecule has 1 N–H and O–H groups in total. The van der Waals surface area contributed by atoms with Crippen molar-refractivity contribution < 1.29 is 9.18 Å². The van der Waals surface area contributed by atoms with Crippen LogP contribution in [0.1, 0.15) is 37.2 Å². The molecule has 1 heterocycles. The lowest BCUT2D eigenvalue weighted by molar-refractivity contribution is -0.118. The van der Waals surface area contributed by atoms with Crippen LogP contribution in [0.25, 0.3) is 17.3 Å². The first kappa shape index (κ1) is 18.3. The summed E-state index contributed by atoms with van der Waals surface area (Å²) < 4.78 is 13.6. The van der Waals surface area contributed by atoms with Gasteiger partial charge in [0.15, 0.2) is 5.82 Å². The fourth-order valence-electron chi connectivity index (χ4n) is 3.58. The number of amides is 1. The molecule has 1 aromatic carbocycles. The van der Waals surface area contributed by atoms with Gasteiger partial charge in [0.2, 0.25) is 5.91 Å². The summed E-state index contributed by atoms with van der Waals surface area (Å²) >= 11 is 0. The van der Waals surface area contributed by atoms with Crippen LogP contribution in [0.15, 0.2) is 48.1 Å². The molecule has 1 aromatic heterocycles. The molecule has 0 aliphatic heterocycles. The third-order valence-electron chi connectivity index (χ3n) is 4.93. The molecule has 0 spiro atoms. The smallest absolute Gasteiger partial charge is 0.232 e. The van der Waals surface area contributed by atoms with E-state index in [1.165, 1.54) is 6.07 Å². The van der Waals surface area contributed by atoms with E-state index in [1.54, 1.807) is 12.1 Å². The average molecular weight is 375 g/mol. The third-order valence-corrected chi connectivity index (χ3v) is 4.93. The number of nitrogens with zero attached hydrogens (tertiary/aromatic N) is 2. The van der Waals surface area contributed by atoms with Crippen LogP contribution in [-0.4, -0.2) is 15.9 Å². The molecule has 0 bridgehead atoms. The highest BCUT2D eigenvalue weighted by atomic mass is 19.1. The molecular weight excluding hydrogens is 353 g/mol. The van der Waals surface area contributed by atoms with Gasteiger partial charge in [0.25, 0.3) is 0 Å². The predicted molar refractivity (Wildman–Crippen MR) is 109 cm³/mol. The van der Waals surface area contributed by atoms with Crippen molar-refractivity contribution in [3.63, 3.8) is 0 Å². The molecule has 1 atom stereocenters. The minimum atomic E-state index is -0.238. The van der Waals surface area contributed by atoms with Crippen molar-refractivity contribution in [2.45, 2.75) is 33.1 Å². The number of carbonyl (C=O) groups is 1. The van der Waals surface area contributed by atoms with E-state index in [2.05, 4.69) is 5.32 Å². The fraction of sp³-hybridized carbons (Fsp3) is 0.261. The molecule has 1 unspecified atom stereocenters. The van der Waals surface area contributed by atoms with Crippen molar-refractivity contribution in [3.05, 3.63) is 70.8 Å². The summed E-state index contributed by atoms with van der Waals surface area (Å²) in [6.45, 7) is 3.95. The molecule has 142 valence electrons. The second-order valence-electron chi connectivity index (χ2n) is 7.42. The van der Waals surface area contributed by atoms with E-state index in [0.717, 1.165) is 28.1 Å². The van der Waals surface area contributed by atoms with Crippen molar-refractivity contribution in [1.29, 1.82) is 0 Å². The number of hydrogen-bond donors (Lipinski definition) is 1. The summed E-state index contributed by atoms with van der Waals surface area (Å²) in [5, 5.41) is 2.97. The summed E-state index contributed by atoms with van der Waals surface area (Å²) in [4.78, 5) is 22.2. The zero-order valence-corrected chi connectivity index (χ0v) is 16.0. The Morgan fingerprint density at radius 1 is 1.21 bits per heavy atom. The lowest BCUT2D eigenvalue weighted by atomic mass is 9.91. The highest BCUT2D eigenvalue weighted by molar-refractivity contribution is 5.94. The molecule has 28 heavy (non-hydrogen) atoms. The van der Waals surface area contributed by atoms with Gasteiger partial charge in [-0.2, -0.15) is 0 Å². The first-order valence-electron chi connectivity index (χ1n) is 9.50. The van der Waals surface area contributed by atoms with E-state index in [0.29, 0.717) is 30.8 Å². The number of anilines is 1. The maximum absolute atomic E-state index is 13.6. The van der Waals surface area contributed by atoms with Gasteiger partial charge in [0, 0.05) is 5.56 Å². The van der Waals surface area contributed by atoms with E-state index in [1.807, 2.05) is 44.2 Å². The highest BCUT2D eigenvalue weighted by Gasteiger charge is 2.23. The standard InChI is InChI=1S/C23H22FN3O/c1-14(2)12-20-22(27-23(28)15-6-4-3-5-7-15)26-19-11-8-16-13-17(24)9-10-18(16)21(19)25-20/h3-6,9-10,12-13,15H,7-8,11H2,1-2H3,(H,26,27,28). The number of aryl methyl sites for hydroxylation is 2. The van der Waals surface area contributed by atoms with Crippen LogP contribution in [0, 0.1) is 11.7 Å². The summed E-state index contributed by atoms with van der Waals surface area (Å²) in [5.74, 6) is -0.0424. The van der Waals surface area contributed by atoms with Crippen LogP contribution >= 0.6 is 0 Å². The monoisotopic (exact) mass is 375 g/mol. The zero-order valence-electron chi connectivity index (χ0n) is 16.0. The summed E-state index contributed by atoms with van der Waals surface area (Å²) in [5.41, 5.74) is 5.14. The van der Waals surface area contributed by atoms with Gasteiger partial charge in [0.05, 0.1) is 17.3 Å². The largest absolute Gasteiger partial charge is 0.308 e. The Bertz CT molecular complexity index is 1030. The van der Waals surface area contributed by atoms with E-state index in [9.17, 15) is 9.18 Å². The molecular formula is C23H22FN3O. The van der Waals surface area contributed by atoms with Gasteiger partial charge in [0.1, 0.15) is 11.5 Å². The number of fused-ring (bicyclic) bond motifs is 3. The van der Waals surface area contributed by atoms with Gasteiger partial charge in [-0.05, 0) is 62.9 Å². The molecule has 0 radical (unpaired) electrons. The molecule has 2 aliphatic rings. The van der Waals surface area contributed by atoms with Crippen LogP contribution in [0.4, 0.5) is 10.2 Å². The number of nitrogens with one attached hydrogen (secondary N) is 1. The minimum absolute atomic E-state index is 0.0865. The predicted octanol–water partition coefficient (Wildman–Crippen LogP) is 4.88. The Labute approximate surface area is 163 Å². The molecule has 4 rings (SSSR count). The quantitative estimate of drug-likeness (QED) is 0.832. The van der Waals surface area contributed by atoms with Gasteiger partial charge in [-0.3, -0.25) is 4.79 Å². The Morgan fingerprint density at radius 2 is 2.07 bits per heavy atom. The summed E-state index contributed by atoms with van der Waals surface area (Å²) in [6, 6.07) is 4.79. The molecule has 0 saturated carbocycles. The minimum Gasteiger partial charge on any atom is -0.308 e. The first-order valence-corrected chi connectivity index (χ1v) is 9.50. The second kappa shape index (κ2) is 7.50. The summed E-state index contributed by atoms with van der Waals surface area (Å²) in [6.07, 6.45) is 11.7. The SMILES string of the molecule is CC(C)=Cc1nc2c(nc1NC(=O)C1C=CC=CC1)CCc1cc(F)ccc1-2. The van der Waals surface area contributed by atoms with E-state index in [4.69, 9.17) is 9.97 Å². The van der Waals surface area contributed by atoms with E-state index < -0.39 is 0 Å². The number of benzene rings is 1. The van der Waals surface area contributed by atoms with Gasteiger partial charge in [-0.1, -0.05) is 29.9 Å². The van der Waals surface area contributed by atoms with E-state index in [-0.39, 0.29) is 17.6 Å². The van der Waals surface area contributed by atoms with Crippen molar-refractivity contribution >= 4 is 17.8 Å². The number of halogens is 1. The Balaban J connectivity index is 1.74. The van der Waals surface area contributed by atoms with Crippen LogP contribution in [-0.2, 0) is 17.6 Å². The molecule has 4 nitrogen and oxygen atoms in total. The van der Waals surface area contributed by atoms with Crippen molar-refractivity contribution in [1.82, 2.24) is 9.97 Å². The van der Waals surface area contributed by atoms with E-state index >= 15 is 0 Å². The molecule has 5 heteroatoms. The summed E-state index contributed by atoms with van der Waals surface area (Å²) in [7, 11) is 0. The van der Waals surface area contributed by atoms with Crippen LogP contribution < -0.4 is 5.32 Å². The Morgan fingerprint density at radius 3 is 2.82 bits per heavy atom. The number of hydrogen-bond acceptors (Lipinski definition) is 3. The van der Waals surface area contributed by atoms with Crippen LogP contribution in [0.2, 0.25) is 0 Å². The second-order valence-corrected chi connectivity index (χ2v) is 7.42. The normalized spacial score (nSPS) is 16.9. The number of rotatable bonds is 3. The number of aromatic nitrogens is 2. The van der Waals surface area contributed by atoms with Crippen molar-refractivity contribution in [3.8, 4) is 11.3 Å². The topological polar surface area (TPSA) is 54.9 Å². The number of carbonyl (C=O) groups excluding carboxylic acids is 1. The molecule has 2 aliphatic carbocycles. The lowest BCUT2D eigenvalue weighted by Gasteiger charge is -2.21. The van der Waals surface area contributed by atoms with Crippen LogP contribution in [0.3, 0.4) is 0 Å². The average Bonchev–Trinajstić information content (AvgIpc) is 2.68. The Kier molecular flexibility index (Phi) is 4.90. The third kappa shape index (κ3) is 3.65. The fourth-order valence-corrected chi connectivity index (χ4v) is 3.58. The van der Waals surface area contributed by atoms with Crippen LogP contribution in [0.5, 0.6) is 0 Å². The molecule has 0 fully saturated rings. The van der Waals surface area contributed by atoms with Crippen molar-refractivity contribution in [2.24, 2.45) is 5.92 Å². The maximum Gasteiger partial charge on any atom is 0.232 e. The number of allylic oxidation sites excluding steroid dienone is 4. The van der Waals surface area contributed by atoms with Gasteiger partial charge in [-0.25, -0.2) is 14.4 Å². The Hall–Kier alpha value is -3.08. The van der Waals surface area contributed by atoms with Gasteiger partial charge >= 0.3 is 0 Å². The molecule has 0 saturated heterocycles.